The molecule has 6 nitrogen and oxygen atoms in total. The lowest BCUT2D eigenvalue weighted by molar-refractivity contribution is -0.123. The van der Waals surface area contributed by atoms with Gasteiger partial charge in [0.2, 0.25) is 11.8 Å². The Hall–Kier alpha value is -3.93. The van der Waals surface area contributed by atoms with Gasteiger partial charge in [-0.1, -0.05) is 30.3 Å². The zero-order chi connectivity index (χ0) is 20.6. The van der Waals surface area contributed by atoms with Crippen molar-refractivity contribution in [3.05, 3.63) is 84.4 Å². The van der Waals surface area contributed by atoms with Crippen molar-refractivity contribution < 1.29 is 19.1 Å². The molecular formula is C23H20N2O4. The molecule has 2 amide bonds. The Kier molecular flexibility index (Phi) is 6.37. The third kappa shape index (κ3) is 5.77. The Morgan fingerprint density at radius 1 is 0.759 bits per heavy atom. The number of Topliss-reactive ketones (excluding diaryl/α,β-unsaturated/α-hetero) is 1. The highest BCUT2D eigenvalue weighted by atomic mass is 16.5. The number of nitrogens with one attached hydrogen (secondary N) is 2. The SMILES string of the molecule is CC(=O)c1ccc(NC(=O)CC(=O)Nc2ccccc2Oc2ccccc2)cc1. The number of carbonyl (C=O) groups excluding carboxylic acids is 3. The number of ketones is 1. The standard InChI is InChI=1S/C23H20N2O4/c1-16(26)17-11-13-18(14-12-17)24-22(27)15-23(28)25-20-9-5-6-10-21(20)29-19-7-3-2-4-8-19/h2-14H,15H2,1H3,(H,24,27)(H,25,28). The summed E-state index contributed by atoms with van der Waals surface area (Å²) in [7, 11) is 0. The van der Waals surface area contributed by atoms with Crippen LogP contribution in [0, 0.1) is 0 Å². The van der Waals surface area contributed by atoms with E-state index in [0.29, 0.717) is 28.4 Å². The number of amides is 2. The second-order valence-electron chi connectivity index (χ2n) is 6.32. The summed E-state index contributed by atoms with van der Waals surface area (Å²) in [6.07, 6.45) is -0.353. The lowest BCUT2D eigenvalue weighted by Crippen LogP contribution is -2.21. The second kappa shape index (κ2) is 9.32. The maximum absolute atomic E-state index is 12.3. The van der Waals surface area contributed by atoms with Crippen molar-refractivity contribution in [1.29, 1.82) is 0 Å². The number of anilines is 2. The lowest BCUT2D eigenvalue weighted by atomic mass is 10.1. The number of carbonyl (C=O) groups is 3. The molecule has 0 saturated heterocycles. The van der Waals surface area contributed by atoms with Crippen molar-refractivity contribution in [1.82, 2.24) is 0 Å². The first-order valence-electron chi connectivity index (χ1n) is 9.04. The van der Waals surface area contributed by atoms with Crippen LogP contribution < -0.4 is 15.4 Å². The van der Waals surface area contributed by atoms with Gasteiger partial charge in [-0.2, -0.15) is 0 Å². The molecule has 0 heterocycles. The molecule has 3 aromatic rings. The van der Waals surface area contributed by atoms with Crippen LogP contribution in [0.25, 0.3) is 0 Å². The van der Waals surface area contributed by atoms with E-state index in [1.807, 2.05) is 30.3 Å². The molecule has 6 heteroatoms. The number of rotatable bonds is 7. The van der Waals surface area contributed by atoms with E-state index >= 15 is 0 Å². The van der Waals surface area contributed by atoms with E-state index in [2.05, 4.69) is 10.6 Å². The van der Waals surface area contributed by atoms with Gasteiger partial charge >= 0.3 is 0 Å². The molecule has 0 aromatic heterocycles. The van der Waals surface area contributed by atoms with Gasteiger partial charge in [-0.25, -0.2) is 0 Å². The van der Waals surface area contributed by atoms with Gasteiger partial charge in [0.25, 0.3) is 0 Å². The van der Waals surface area contributed by atoms with Crippen molar-refractivity contribution in [3.8, 4) is 11.5 Å². The number of ether oxygens (including phenoxy) is 1. The highest BCUT2D eigenvalue weighted by Gasteiger charge is 2.13. The molecule has 2 N–H and O–H groups in total. The van der Waals surface area contributed by atoms with E-state index in [1.54, 1.807) is 48.5 Å². The molecule has 0 aliphatic rings. The fourth-order valence-corrected chi connectivity index (χ4v) is 2.61. The van der Waals surface area contributed by atoms with Crippen LogP contribution in [-0.4, -0.2) is 17.6 Å². The molecule has 0 aliphatic heterocycles. The highest BCUT2D eigenvalue weighted by Crippen LogP contribution is 2.29. The number of hydrogen-bond donors (Lipinski definition) is 2. The predicted octanol–water partition coefficient (Wildman–Crippen LogP) is 4.65. The minimum Gasteiger partial charge on any atom is -0.455 e. The van der Waals surface area contributed by atoms with Crippen LogP contribution in [0.5, 0.6) is 11.5 Å². The van der Waals surface area contributed by atoms with E-state index in [4.69, 9.17) is 4.74 Å². The summed E-state index contributed by atoms with van der Waals surface area (Å²) in [5.74, 6) is 0.137. The summed E-state index contributed by atoms with van der Waals surface area (Å²) in [6, 6.07) is 22.7. The van der Waals surface area contributed by atoms with Crippen molar-refractivity contribution >= 4 is 29.0 Å². The van der Waals surface area contributed by atoms with Gasteiger partial charge in [0, 0.05) is 11.3 Å². The topological polar surface area (TPSA) is 84.5 Å². The highest BCUT2D eigenvalue weighted by molar-refractivity contribution is 6.08. The minimum atomic E-state index is -0.466. The first-order chi connectivity index (χ1) is 14.0. The second-order valence-corrected chi connectivity index (χ2v) is 6.32. The van der Waals surface area contributed by atoms with Gasteiger partial charge < -0.3 is 15.4 Å². The molecule has 0 atom stereocenters. The molecule has 0 unspecified atom stereocenters. The summed E-state index contributed by atoms with van der Waals surface area (Å²) in [5, 5.41) is 5.34. The molecule has 0 aliphatic carbocycles. The molecular weight excluding hydrogens is 368 g/mol. The molecule has 146 valence electrons. The van der Waals surface area contributed by atoms with Gasteiger partial charge in [-0.15, -0.1) is 0 Å². The van der Waals surface area contributed by atoms with Crippen LogP contribution in [0.4, 0.5) is 11.4 Å². The monoisotopic (exact) mass is 388 g/mol. The van der Waals surface area contributed by atoms with Crippen LogP contribution in [0.15, 0.2) is 78.9 Å². The average Bonchev–Trinajstić information content (AvgIpc) is 2.70. The number of para-hydroxylation sites is 3. The largest absolute Gasteiger partial charge is 0.455 e. The van der Waals surface area contributed by atoms with Crippen molar-refractivity contribution in [2.75, 3.05) is 10.6 Å². The Labute approximate surface area is 168 Å². The Bertz CT molecular complexity index is 1010. The molecule has 0 fully saturated rings. The summed E-state index contributed by atoms with van der Waals surface area (Å²) in [5.41, 5.74) is 1.54. The number of benzene rings is 3. The number of hydrogen-bond acceptors (Lipinski definition) is 4. The van der Waals surface area contributed by atoms with E-state index in [9.17, 15) is 14.4 Å². The van der Waals surface area contributed by atoms with Crippen LogP contribution in [0.1, 0.15) is 23.7 Å². The van der Waals surface area contributed by atoms with Gasteiger partial charge in [0.05, 0.1) is 5.69 Å². The first-order valence-corrected chi connectivity index (χ1v) is 9.04. The molecule has 0 bridgehead atoms. The molecule has 0 saturated carbocycles. The zero-order valence-corrected chi connectivity index (χ0v) is 15.8. The maximum atomic E-state index is 12.3. The van der Waals surface area contributed by atoms with Crippen molar-refractivity contribution in [3.63, 3.8) is 0 Å². The molecule has 0 spiro atoms. The summed E-state index contributed by atoms with van der Waals surface area (Å²) in [6.45, 7) is 1.47. The van der Waals surface area contributed by atoms with Gasteiger partial charge in [0.15, 0.2) is 11.5 Å². The fourth-order valence-electron chi connectivity index (χ4n) is 2.61. The van der Waals surface area contributed by atoms with Crippen molar-refractivity contribution in [2.45, 2.75) is 13.3 Å². The Morgan fingerprint density at radius 2 is 1.38 bits per heavy atom. The van der Waals surface area contributed by atoms with E-state index < -0.39 is 11.8 Å². The van der Waals surface area contributed by atoms with Gasteiger partial charge in [0.1, 0.15) is 12.2 Å². The average molecular weight is 388 g/mol. The summed E-state index contributed by atoms with van der Waals surface area (Å²) < 4.78 is 5.80. The summed E-state index contributed by atoms with van der Waals surface area (Å²) in [4.78, 5) is 35.7. The molecule has 29 heavy (non-hydrogen) atoms. The van der Waals surface area contributed by atoms with Crippen LogP contribution in [0.3, 0.4) is 0 Å². The van der Waals surface area contributed by atoms with Gasteiger partial charge in [-0.3, -0.25) is 14.4 Å². The smallest absolute Gasteiger partial charge is 0.233 e. The first kappa shape index (κ1) is 19.8. The van der Waals surface area contributed by atoms with Crippen molar-refractivity contribution in [2.24, 2.45) is 0 Å². The van der Waals surface area contributed by atoms with Crippen LogP contribution >= 0.6 is 0 Å². The quantitative estimate of drug-likeness (QED) is 0.456. The van der Waals surface area contributed by atoms with Crippen LogP contribution in [-0.2, 0) is 9.59 Å². The minimum absolute atomic E-state index is 0.0568. The Morgan fingerprint density at radius 3 is 2.07 bits per heavy atom. The maximum Gasteiger partial charge on any atom is 0.233 e. The van der Waals surface area contributed by atoms with E-state index in [1.165, 1.54) is 6.92 Å². The molecule has 0 radical (unpaired) electrons. The molecule has 3 rings (SSSR count). The summed E-state index contributed by atoms with van der Waals surface area (Å²) >= 11 is 0. The normalized spacial score (nSPS) is 10.1. The fraction of sp³-hybridized carbons (Fsp3) is 0.0870. The van der Waals surface area contributed by atoms with E-state index in [0.717, 1.165) is 0 Å². The molecule has 3 aromatic carbocycles. The van der Waals surface area contributed by atoms with Gasteiger partial charge in [-0.05, 0) is 55.5 Å². The van der Waals surface area contributed by atoms with Crippen LogP contribution in [0.2, 0.25) is 0 Å². The van der Waals surface area contributed by atoms with E-state index in [-0.39, 0.29) is 12.2 Å². The predicted molar refractivity (Wildman–Crippen MR) is 111 cm³/mol. The Balaban J connectivity index is 1.59. The zero-order valence-electron chi connectivity index (χ0n) is 15.8. The third-order valence-corrected chi connectivity index (χ3v) is 4.03. The third-order valence-electron chi connectivity index (χ3n) is 4.03. The lowest BCUT2D eigenvalue weighted by Gasteiger charge is -2.12.